The van der Waals surface area contributed by atoms with Gasteiger partial charge in [0.05, 0.1) is 0 Å². The second-order valence-corrected chi connectivity index (χ2v) is 7.67. The molecule has 3 atom stereocenters. The molecule has 1 unspecified atom stereocenters. The maximum atomic E-state index is 12.4. The highest BCUT2D eigenvalue weighted by Crippen LogP contribution is 2.38. The number of carbonyl (C=O) groups excluding carboxylic acids is 2. The summed E-state index contributed by atoms with van der Waals surface area (Å²) in [6.45, 7) is 5.67. The van der Waals surface area contributed by atoms with Crippen molar-refractivity contribution < 1.29 is 19.1 Å². The highest BCUT2D eigenvalue weighted by Gasteiger charge is 2.45. The summed E-state index contributed by atoms with van der Waals surface area (Å²) < 4.78 is 11.6. The molecule has 5 nitrogen and oxygen atoms in total. The highest BCUT2D eigenvalue weighted by molar-refractivity contribution is 5.75. The fourth-order valence-corrected chi connectivity index (χ4v) is 3.69. The quantitative estimate of drug-likeness (QED) is 0.790. The predicted octanol–water partition coefficient (Wildman–Crippen LogP) is 3.81. The number of carbonyl (C=O) groups is 2. The van der Waals surface area contributed by atoms with Crippen LogP contribution in [0.5, 0.6) is 5.75 Å². The summed E-state index contributed by atoms with van der Waals surface area (Å²) >= 11 is 0. The van der Waals surface area contributed by atoms with Gasteiger partial charge in [0.25, 0.3) is 0 Å². The smallest absolute Gasteiger partial charge is 0.410 e. The van der Waals surface area contributed by atoms with Gasteiger partial charge in [-0.3, -0.25) is 4.79 Å². The lowest BCUT2D eigenvalue weighted by Gasteiger charge is -2.39. The van der Waals surface area contributed by atoms with Gasteiger partial charge < -0.3 is 14.4 Å². The molecule has 0 spiro atoms. The van der Waals surface area contributed by atoms with Gasteiger partial charge >= 0.3 is 6.09 Å². The summed E-state index contributed by atoms with van der Waals surface area (Å²) in [5, 5.41) is 0. The summed E-state index contributed by atoms with van der Waals surface area (Å²) in [6, 6.07) is 7.57. The number of benzene rings is 1. The normalized spacial score (nSPS) is 26.1. The van der Waals surface area contributed by atoms with Crippen molar-refractivity contribution in [2.45, 2.75) is 70.2 Å². The molecule has 2 fully saturated rings. The van der Waals surface area contributed by atoms with Crippen LogP contribution in [0.3, 0.4) is 0 Å². The summed E-state index contributed by atoms with van der Waals surface area (Å²) in [4.78, 5) is 25.2. The Kier molecular flexibility index (Phi) is 4.52. The summed E-state index contributed by atoms with van der Waals surface area (Å²) in [5.74, 6) is 0.717. The van der Waals surface area contributed by atoms with E-state index in [2.05, 4.69) is 0 Å². The molecule has 2 heterocycles. The third kappa shape index (κ3) is 3.71. The van der Waals surface area contributed by atoms with Crippen LogP contribution in [0, 0.1) is 0 Å². The average Bonchev–Trinajstić information content (AvgIpc) is 2.77. The lowest BCUT2D eigenvalue weighted by molar-refractivity contribution is -0.00709. The molecule has 0 N–H and O–H groups in total. The first-order valence-electron chi connectivity index (χ1n) is 8.59. The van der Waals surface area contributed by atoms with Crippen molar-refractivity contribution in [3.63, 3.8) is 0 Å². The molecule has 2 bridgehead atoms. The monoisotopic (exact) mass is 331 g/mol. The average molecular weight is 331 g/mol. The Hall–Kier alpha value is -2.04. The molecule has 2 aliphatic heterocycles. The van der Waals surface area contributed by atoms with E-state index in [1.165, 1.54) is 0 Å². The second-order valence-electron chi connectivity index (χ2n) is 7.67. The van der Waals surface area contributed by atoms with Crippen molar-refractivity contribution in [3.05, 3.63) is 29.8 Å². The van der Waals surface area contributed by atoms with Crippen LogP contribution in [0.15, 0.2) is 24.3 Å². The molecule has 1 aromatic carbocycles. The Morgan fingerprint density at radius 1 is 1.21 bits per heavy atom. The van der Waals surface area contributed by atoms with Crippen molar-refractivity contribution in [1.29, 1.82) is 0 Å². The van der Waals surface area contributed by atoms with Gasteiger partial charge in [-0.2, -0.15) is 0 Å². The van der Waals surface area contributed by atoms with Crippen molar-refractivity contribution in [2.24, 2.45) is 0 Å². The van der Waals surface area contributed by atoms with E-state index in [-0.39, 0.29) is 24.3 Å². The number of ether oxygens (including phenoxy) is 2. The van der Waals surface area contributed by atoms with E-state index >= 15 is 0 Å². The highest BCUT2D eigenvalue weighted by atomic mass is 16.6. The lowest BCUT2D eigenvalue weighted by atomic mass is 10.00. The number of piperidine rings is 1. The Balaban J connectivity index is 1.64. The van der Waals surface area contributed by atoms with E-state index < -0.39 is 5.60 Å². The number of hydrogen-bond acceptors (Lipinski definition) is 4. The van der Waals surface area contributed by atoms with Gasteiger partial charge in [-0.05, 0) is 45.7 Å². The molecular formula is C19H25NO4. The van der Waals surface area contributed by atoms with E-state index in [1.807, 2.05) is 37.8 Å². The van der Waals surface area contributed by atoms with Gasteiger partial charge in [0.2, 0.25) is 0 Å². The SMILES string of the molecule is CC(C)(C)OC(=O)N1[C@@H]2CC[C@H]1CC(Oc1cccc(C=O)c1)C2. The molecule has 5 heteroatoms. The molecule has 130 valence electrons. The number of hydrogen-bond donors (Lipinski definition) is 0. The fraction of sp³-hybridized carbons (Fsp3) is 0.579. The fourth-order valence-electron chi connectivity index (χ4n) is 3.69. The summed E-state index contributed by atoms with van der Waals surface area (Å²) in [7, 11) is 0. The topological polar surface area (TPSA) is 55.8 Å². The predicted molar refractivity (Wildman–Crippen MR) is 90.4 cm³/mol. The van der Waals surface area contributed by atoms with Crippen molar-refractivity contribution in [1.82, 2.24) is 4.90 Å². The van der Waals surface area contributed by atoms with E-state index in [9.17, 15) is 9.59 Å². The standard InChI is InChI=1S/C19H25NO4/c1-19(2,3)24-18(22)20-14-7-8-15(20)11-17(10-14)23-16-6-4-5-13(9-16)12-21/h4-6,9,12,14-15,17H,7-8,10-11H2,1-3H3/t14-,15+,17?. The molecule has 0 radical (unpaired) electrons. The number of fused-ring (bicyclic) bond motifs is 2. The maximum Gasteiger partial charge on any atom is 0.410 e. The van der Waals surface area contributed by atoms with Crippen LogP contribution in [0.2, 0.25) is 0 Å². The molecule has 24 heavy (non-hydrogen) atoms. The largest absolute Gasteiger partial charge is 0.490 e. The number of amides is 1. The third-order valence-corrected chi connectivity index (χ3v) is 4.59. The minimum Gasteiger partial charge on any atom is -0.490 e. The van der Waals surface area contributed by atoms with Crippen molar-refractivity contribution in [3.8, 4) is 5.75 Å². The van der Waals surface area contributed by atoms with Gasteiger partial charge in [-0.25, -0.2) is 4.79 Å². The molecule has 0 aliphatic carbocycles. The third-order valence-electron chi connectivity index (χ3n) is 4.59. The zero-order chi connectivity index (χ0) is 17.3. The number of aldehydes is 1. The van der Waals surface area contributed by atoms with Crippen LogP contribution in [-0.2, 0) is 4.74 Å². The molecule has 3 rings (SSSR count). The van der Waals surface area contributed by atoms with Crippen LogP contribution in [0.1, 0.15) is 56.8 Å². The van der Waals surface area contributed by atoms with Crippen LogP contribution >= 0.6 is 0 Å². The Morgan fingerprint density at radius 2 is 1.88 bits per heavy atom. The minimum atomic E-state index is -0.473. The van der Waals surface area contributed by atoms with E-state index in [1.54, 1.807) is 12.1 Å². The van der Waals surface area contributed by atoms with Crippen LogP contribution in [0.25, 0.3) is 0 Å². The Bertz CT molecular complexity index is 608. The first-order valence-corrected chi connectivity index (χ1v) is 8.59. The molecule has 0 aromatic heterocycles. The molecule has 1 amide bonds. The maximum absolute atomic E-state index is 12.4. The van der Waals surface area contributed by atoms with Crippen molar-refractivity contribution >= 4 is 12.4 Å². The molecule has 2 aliphatic rings. The Morgan fingerprint density at radius 3 is 2.46 bits per heavy atom. The van der Waals surface area contributed by atoms with Gasteiger partial charge in [-0.15, -0.1) is 0 Å². The molecule has 2 saturated heterocycles. The molecular weight excluding hydrogens is 306 g/mol. The molecule has 1 aromatic rings. The molecule has 0 saturated carbocycles. The van der Waals surface area contributed by atoms with Gasteiger partial charge in [0.1, 0.15) is 23.7 Å². The van der Waals surface area contributed by atoms with Crippen LogP contribution in [-0.4, -0.2) is 41.1 Å². The van der Waals surface area contributed by atoms with Gasteiger partial charge in [0, 0.05) is 30.5 Å². The zero-order valence-corrected chi connectivity index (χ0v) is 14.5. The summed E-state index contributed by atoms with van der Waals surface area (Å²) in [6.07, 6.45) is 4.29. The zero-order valence-electron chi connectivity index (χ0n) is 14.5. The first-order chi connectivity index (χ1) is 11.4. The number of nitrogens with zero attached hydrogens (tertiary/aromatic N) is 1. The van der Waals surface area contributed by atoms with Gasteiger partial charge in [0.15, 0.2) is 0 Å². The van der Waals surface area contributed by atoms with E-state index in [4.69, 9.17) is 9.47 Å². The second kappa shape index (κ2) is 6.46. The van der Waals surface area contributed by atoms with E-state index in [0.717, 1.165) is 37.7 Å². The lowest BCUT2D eigenvalue weighted by Crippen LogP contribution is -2.50. The summed E-state index contributed by atoms with van der Waals surface area (Å²) in [5.41, 5.74) is 0.140. The van der Waals surface area contributed by atoms with Crippen LogP contribution < -0.4 is 4.74 Å². The van der Waals surface area contributed by atoms with Crippen LogP contribution in [0.4, 0.5) is 4.79 Å². The first kappa shape index (κ1) is 16.8. The number of rotatable bonds is 3. The van der Waals surface area contributed by atoms with Gasteiger partial charge in [-0.1, -0.05) is 12.1 Å². The van der Waals surface area contributed by atoms with E-state index in [0.29, 0.717) is 5.56 Å². The Labute approximate surface area is 142 Å². The minimum absolute atomic E-state index is 0.0723. The van der Waals surface area contributed by atoms with Crippen molar-refractivity contribution in [2.75, 3.05) is 0 Å².